The van der Waals surface area contributed by atoms with Gasteiger partial charge in [0.15, 0.2) is 0 Å². The first-order chi connectivity index (χ1) is 10.4. The second kappa shape index (κ2) is 6.10. The van der Waals surface area contributed by atoms with Crippen LogP contribution in [0.4, 0.5) is 0 Å². The molecule has 2 aromatic heterocycles. The molecule has 118 valence electrons. The minimum absolute atomic E-state index is 0.131. The lowest BCUT2D eigenvalue weighted by molar-refractivity contribution is 0.0726. The molecule has 0 radical (unpaired) electrons. The third-order valence-corrected chi connectivity index (χ3v) is 3.56. The van der Waals surface area contributed by atoms with Crippen LogP contribution >= 0.6 is 0 Å². The second-order valence-corrected chi connectivity index (χ2v) is 4.88. The van der Waals surface area contributed by atoms with E-state index in [1.807, 2.05) is 0 Å². The van der Waals surface area contributed by atoms with Crippen molar-refractivity contribution in [2.24, 2.45) is 14.1 Å². The monoisotopic (exact) mass is 306 g/mol. The maximum atomic E-state index is 12.3. The van der Waals surface area contributed by atoms with Gasteiger partial charge in [0.05, 0.1) is 12.0 Å². The van der Waals surface area contributed by atoms with E-state index in [9.17, 15) is 14.4 Å². The van der Waals surface area contributed by atoms with Crippen molar-refractivity contribution in [2.75, 3.05) is 19.7 Å². The van der Waals surface area contributed by atoms with Crippen molar-refractivity contribution >= 4 is 16.9 Å². The predicted molar refractivity (Wildman–Crippen MR) is 80.9 cm³/mol. The number of aryl methyl sites for hydroxylation is 1. The Morgan fingerprint density at radius 2 is 1.95 bits per heavy atom. The Morgan fingerprint density at radius 1 is 1.27 bits per heavy atom. The van der Waals surface area contributed by atoms with Crippen molar-refractivity contribution in [2.45, 2.75) is 6.92 Å². The van der Waals surface area contributed by atoms with E-state index in [2.05, 4.69) is 4.98 Å². The number of hydrogen-bond donors (Lipinski definition) is 1. The number of likely N-dealkylation sites (N-methyl/N-ethyl adjacent to an activating group) is 1. The Hall–Kier alpha value is -2.48. The standard InChI is InChI=1S/C14H18N4O4/c1-4-18(7-8-19)13(21)10-6-5-9-11(15-10)16(2)14(22)17(3)12(9)20/h5-6,19H,4,7-8H2,1-3H3. The molecule has 0 aromatic carbocycles. The van der Waals surface area contributed by atoms with Gasteiger partial charge in [-0.3, -0.25) is 18.7 Å². The molecule has 0 fully saturated rings. The number of nitrogens with zero attached hydrogens (tertiary/aromatic N) is 4. The van der Waals surface area contributed by atoms with Crippen molar-refractivity contribution in [3.05, 3.63) is 38.7 Å². The minimum atomic E-state index is -0.502. The Labute approximate surface area is 126 Å². The van der Waals surface area contributed by atoms with Gasteiger partial charge in [-0.25, -0.2) is 9.78 Å². The summed E-state index contributed by atoms with van der Waals surface area (Å²) in [6.07, 6.45) is 0. The van der Waals surface area contributed by atoms with Crippen molar-refractivity contribution < 1.29 is 9.90 Å². The van der Waals surface area contributed by atoms with Crippen LogP contribution in [0.5, 0.6) is 0 Å². The molecule has 2 heterocycles. The second-order valence-electron chi connectivity index (χ2n) is 4.88. The first-order valence-electron chi connectivity index (χ1n) is 6.89. The molecule has 0 bridgehead atoms. The van der Waals surface area contributed by atoms with Crippen molar-refractivity contribution in [3.8, 4) is 0 Å². The molecule has 0 aliphatic carbocycles. The normalized spacial score (nSPS) is 10.9. The fourth-order valence-corrected chi connectivity index (χ4v) is 2.26. The lowest BCUT2D eigenvalue weighted by Crippen LogP contribution is -2.38. The zero-order valence-corrected chi connectivity index (χ0v) is 12.7. The Bertz CT molecular complexity index is 837. The Morgan fingerprint density at radius 3 is 2.55 bits per heavy atom. The van der Waals surface area contributed by atoms with Crippen LogP contribution in [0.2, 0.25) is 0 Å². The third kappa shape index (κ3) is 2.52. The number of hydrogen-bond acceptors (Lipinski definition) is 5. The van der Waals surface area contributed by atoms with Gasteiger partial charge < -0.3 is 10.0 Å². The molecule has 0 unspecified atom stereocenters. The average Bonchev–Trinajstić information content (AvgIpc) is 2.54. The van der Waals surface area contributed by atoms with E-state index in [1.165, 1.54) is 35.7 Å². The molecular weight excluding hydrogens is 288 g/mol. The van der Waals surface area contributed by atoms with Gasteiger partial charge in [-0.15, -0.1) is 0 Å². The van der Waals surface area contributed by atoms with Gasteiger partial charge in [0.25, 0.3) is 11.5 Å². The molecular formula is C14H18N4O4. The van der Waals surface area contributed by atoms with Crippen LogP contribution in [0, 0.1) is 0 Å². The van der Waals surface area contributed by atoms with Crippen LogP contribution in [-0.4, -0.2) is 49.7 Å². The summed E-state index contributed by atoms with van der Waals surface area (Å²) >= 11 is 0. The molecule has 0 aliphatic rings. The Balaban J connectivity index is 2.63. The van der Waals surface area contributed by atoms with Crippen molar-refractivity contribution in [1.29, 1.82) is 0 Å². The molecule has 8 nitrogen and oxygen atoms in total. The van der Waals surface area contributed by atoms with E-state index >= 15 is 0 Å². The summed E-state index contributed by atoms with van der Waals surface area (Å²) in [6.45, 7) is 2.27. The largest absolute Gasteiger partial charge is 0.395 e. The number of fused-ring (bicyclic) bond motifs is 1. The summed E-state index contributed by atoms with van der Waals surface area (Å²) in [5.41, 5.74) is -0.658. The smallest absolute Gasteiger partial charge is 0.332 e. The molecule has 0 saturated carbocycles. The van der Waals surface area contributed by atoms with Crippen LogP contribution in [-0.2, 0) is 14.1 Å². The molecule has 2 aromatic rings. The number of carbonyl (C=O) groups is 1. The van der Waals surface area contributed by atoms with Gasteiger partial charge in [-0.1, -0.05) is 0 Å². The van der Waals surface area contributed by atoms with E-state index in [0.717, 1.165) is 4.57 Å². The molecule has 22 heavy (non-hydrogen) atoms. The van der Waals surface area contributed by atoms with E-state index in [1.54, 1.807) is 6.92 Å². The highest BCUT2D eigenvalue weighted by atomic mass is 16.3. The van der Waals surface area contributed by atoms with Crippen molar-refractivity contribution in [3.63, 3.8) is 0 Å². The van der Waals surface area contributed by atoms with Gasteiger partial charge in [-0.2, -0.15) is 0 Å². The fourth-order valence-electron chi connectivity index (χ4n) is 2.26. The Kier molecular flexibility index (Phi) is 4.41. The third-order valence-electron chi connectivity index (χ3n) is 3.56. The van der Waals surface area contributed by atoms with Gasteiger partial charge in [0.1, 0.15) is 11.3 Å². The number of carbonyl (C=O) groups excluding carboxylic acids is 1. The van der Waals surface area contributed by atoms with Crippen LogP contribution in [0.3, 0.4) is 0 Å². The van der Waals surface area contributed by atoms with Crippen LogP contribution in [0.25, 0.3) is 11.0 Å². The van der Waals surface area contributed by atoms with Crippen molar-refractivity contribution in [1.82, 2.24) is 19.0 Å². The highest BCUT2D eigenvalue weighted by Gasteiger charge is 2.17. The molecule has 0 atom stereocenters. The molecule has 0 spiro atoms. The predicted octanol–water partition coefficient (Wildman–Crippen LogP) is -0.913. The lowest BCUT2D eigenvalue weighted by Gasteiger charge is -2.19. The number of aliphatic hydroxyl groups excluding tert-OH is 1. The number of rotatable bonds is 4. The number of pyridine rings is 1. The summed E-state index contributed by atoms with van der Waals surface area (Å²) in [4.78, 5) is 41.9. The molecule has 1 N–H and O–H groups in total. The maximum absolute atomic E-state index is 12.3. The lowest BCUT2D eigenvalue weighted by atomic mass is 10.2. The van der Waals surface area contributed by atoms with Crippen LogP contribution in [0.1, 0.15) is 17.4 Å². The van der Waals surface area contributed by atoms with E-state index in [4.69, 9.17) is 5.11 Å². The molecule has 2 rings (SSSR count). The number of aromatic nitrogens is 3. The molecule has 0 aliphatic heterocycles. The first-order valence-corrected chi connectivity index (χ1v) is 6.89. The molecule has 0 saturated heterocycles. The van der Waals surface area contributed by atoms with E-state index in [-0.39, 0.29) is 35.8 Å². The van der Waals surface area contributed by atoms with Crippen LogP contribution in [0.15, 0.2) is 21.7 Å². The van der Waals surface area contributed by atoms with Crippen LogP contribution < -0.4 is 11.2 Å². The maximum Gasteiger partial charge on any atom is 0.332 e. The summed E-state index contributed by atoms with van der Waals surface area (Å²) in [5.74, 6) is -0.355. The van der Waals surface area contributed by atoms with Gasteiger partial charge in [0.2, 0.25) is 0 Å². The molecule has 1 amide bonds. The quantitative estimate of drug-likeness (QED) is 0.788. The summed E-state index contributed by atoms with van der Waals surface area (Å²) < 4.78 is 2.23. The zero-order valence-electron chi connectivity index (χ0n) is 12.7. The first kappa shape index (κ1) is 15.9. The summed E-state index contributed by atoms with van der Waals surface area (Å²) in [5, 5.41) is 9.25. The number of aliphatic hydroxyl groups is 1. The zero-order chi connectivity index (χ0) is 16.4. The van der Waals surface area contributed by atoms with E-state index < -0.39 is 11.2 Å². The minimum Gasteiger partial charge on any atom is -0.395 e. The number of amides is 1. The van der Waals surface area contributed by atoms with Gasteiger partial charge >= 0.3 is 5.69 Å². The summed E-state index contributed by atoms with van der Waals surface area (Å²) in [7, 11) is 2.89. The van der Waals surface area contributed by atoms with E-state index in [0.29, 0.717) is 6.54 Å². The SMILES string of the molecule is CCN(CCO)C(=O)c1ccc2c(=O)n(C)c(=O)n(C)c2n1. The molecule has 8 heteroatoms. The average molecular weight is 306 g/mol. The van der Waals surface area contributed by atoms with Gasteiger partial charge in [0, 0.05) is 27.2 Å². The summed E-state index contributed by atoms with van der Waals surface area (Å²) in [6, 6.07) is 2.95. The highest BCUT2D eigenvalue weighted by molar-refractivity contribution is 5.94. The van der Waals surface area contributed by atoms with Gasteiger partial charge in [-0.05, 0) is 19.1 Å². The highest BCUT2D eigenvalue weighted by Crippen LogP contribution is 2.08. The fraction of sp³-hybridized carbons (Fsp3) is 0.429. The topological polar surface area (TPSA) is 97.4 Å².